The Balaban J connectivity index is 1.97. The second kappa shape index (κ2) is 5.02. The molecular weight excluding hydrogens is 204 g/mol. The van der Waals surface area contributed by atoms with Gasteiger partial charge in [0.2, 0.25) is 0 Å². The number of rotatable bonds is 4. The summed E-state index contributed by atoms with van der Waals surface area (Å²) in [5.74, 6) is 0.693. The fourth-order valence-corrected chi connectivity index (χ4v) is 1.24. The molecule has 0 aliphatic rings. The van der Waals surface area contributed by atoms with Gasteiger partial charge in [-0.3, -0.25) is 4.98 Å². The van der Waals surface area contributed by atoms with Crippen LogP contribution in [0.1, 0.15) is 5.69 Å². The lowest BCUT2D eigenvalue weighted by Crippen LogP contribution is -1.96. The maximum Gasteiger partial charge on any atom is 0.130 e. The molecule has 0 aliphatic carbocycles. The van der Waals surface area contributed by atoms with E-state index >= 15 is 0 Å². The van der Waals surface area contributed by atoms with Crippen LogP contribution in [0.3, 0.4) is 0 Å². The molecule has 0 saturated heterocycles. The molecule has 2 rings (SSSR count). The van der Waals surface area contributed by atoms with Gasteiger partial charge in [-0.2, -0.15) is 0 Å². The van der Waals surface area contributed by atoms with Gasteiger partial charge in [0.1, 0.15) is 18.0 Å². The third-order valence-corrected chi connectivity index (χ3v) is 2.05. The van der Waals surface area contributed by atoms with E-state index < -0.39 is 0 Å². The van der Waals surface area contributed by atoms with E-state index in [0.29, 0.717) is 18.0 Å². The minimum atomic E-state index is 0.394. The first kappa shape index (κ1) is 10.3. The van der Waals surface area contributed by atoms with Crippen molar-refractivity contribution in [3.8, 4) is 5.75 Å². The second-order valence-corrected chi connectivity index (χ2v) is 3.19. The summed E-state index contributed by atoms with van der Waals surface area (Å²) >= 11 is 0. The highest BCUT2D eigenvalue weighted by Crippen LogP contribution is 2.18. The number of pyridine rings is 1. The Morgan fingerprint density at radius 3 is 2.56 bits per heavy atom. The van der Waals surface area contributed by atoms with Gasteiger partial charge in [-0.05, 0) is 41.6 Å². The number of ether oxygens (including phenoxy) is 1. The molecule has 0 atom stereocenters. The van der Waals surface area contributed by atoms with Crippen LogP contribution in [-0.2, 0) is 6.61 Å². The Hall–Kier alpha value is -2.23. The zero-order chi connectivity index (χ0) is 11.2. The third-order valence-electron chi connectivity index (χ3n) is 2.05. The van der Waals surface area contributed by atoms with Crippen molar-refractivity contribution in [3.63, 3.8) is 0 Å². The first-order chi connectivity index (χ1) is 7.88. The molecule has 16 heavy (non-hydrogen) atoms. The van der Waals surface area contributed by atoms with Gasteiger partial charge in [0, 0.05) is 6.20 Å². The predicted octanol–water partition coefficient (Wildman–Crippen LogP) is 3.06. The molecule has 1 aromatic carbocycles. The topological polar surface area (TPSA) is 51.5 Å². The molecule has 0 aliphatic heterocycles. The van der Waals surface area contributed by atoms with Crippen molar-refractivity contribution in [1.82, 2.24) is 4.98 Å². The van der Waals surface area contributed by atoms with Crippen molar-refractivity contribution in [1.29, 1.82) is 0 Å². The van der Waals surface area contributed by atoms with E-state index in [-0.39, 0.29) is 0 Å². The first-order valence-corrected chi connectivity index (χ1v) is 4.84. The van der Waals surface area contributed by atoms with E-state index in [2.05, 4.69) is 10.2 Å². The summed E-state index contributed by atoms with van der Waals surface area (Å²) in [6, 6.07) is 12.3. The van der Waals surface area contributed by atoms with E-state index in [4.69, 9.17) is 4.74 Å². The summed E-state index contributed by atoms with van der Waals surface area (Å²) in [5, 5.41) is 2.81. The maximum absolute atomic E-state index is 10.2. The normalized spacial score (nSPS) is 9.75. The van der Waals surface area contributed by atoms with Crippen LogP contribution in [0.25, 0.3) is 0 Å². The van der Waals surface area contributed by atoms with Crippen LogP contribution < -0.4 is 4.74 Å². The lowest BCUT2D eigenvalue weighted by Gasteiger charge is -2.04. The molecule has 0 N–H and O–H groups in total. The van der Waals surface area contributed by atoms with Crippen LogP contribution in [0.4, 0.5) is 5.69 Å². The molecule has 0 bridgehead atoms. The van der Waals surface area contributed by atoms with Crippen LogP contribution >= 0.6 is 0 Å². The lowest BCUT2D eigenvalue weighted by molar-refractivity contribution is 0.301. The molecule has 80 valence electrons. The Bertz CT molecular complexity index is 454. The van der Waals surface area contributed by atoms with E-state index in [1.807, 2.05) is 18.2 Å². The molecule has 0 amide bonds. The zero-order valence-electron chi connectivity index (χ0n) is 8.54. The molecule has 0 spiro atoms. The number of nitroso groups, excluding NO2 is 1. The van der Waals surface area contributed by atoms with Crippen molar-refractivity contribution in [2.45, 2.75) is 6.61 Å². The highest BCUT2D eigenvalue weighted by atomic mass is 16.5. The van der Waals surface area contributed by atoms with Crippen molar-refractivity contribution in [2.75, 3.05) is 0 Å². The van der Waals surface area contributed by atoms with Gasteiger partial charge >= 0.3 is 0 Å². The smallest absolute Gasteiger partial charge is 0.130 e. The molecule has 4 heteroatoms. The van der Waals surface area contributed by atoms with Gasteiger partial charge in [-0.1, -0.05) is 6.07 Å². The van der Waals surface area contributed by atoms with E-state index in [9.17, 15) is 4.91 Å². The monoisotopic (exact) mass is 214 g/mol. The minimum absolute atomic E-state index is 0.394. The predicted molar refractivity (Wildman–Crippen MR) is 60.5 cm³/mol. The zero-order valence-corrected chi connectivity index (χ0v) is 8.54. The third kappa shape index (κ3) is 2.63. The van der Waals surface area contributed by atoms with Gasteiger partial charge in [0.25, 0.3) is 0 Å². The van der Waals surface area contributed by atoms with Crippen LogP contribution in [0, 0.1) is 4.91 Å². The standard InChI is InChI=1S/C12H10N2O2/c15-14-10-4-6-12(7-5-10)16-9-11-3-1-2-8-13-11/h1-8H,9H2. The fourth-order valence-electron chi connectivity index (χ4n) is 1.24. The molecular formula is C12H10N2O2. The Morgan fingerprint density at radius 2 is 1.94 bits per heavy atom. The summed E-state index contributed by atoms with van der Waals surface area (Å²) in [6.45, 7) is 0.411. The Morgan fingerprint density at radius 1 is 1.12 bits per heavy atom. The van der Waals surface area contributed by atoms with Gasteiger partial charge in [-0.15, -0.1) is 4.91 Å². The fraction of sp³-hybridized carbons (Fsp3) is 0.0833. The number of benzene rings is 1. The molecule has 4 nitrogen and oxygen atoms in total. The maximum atomic E-state index is 10.2. The molecule has 0 radical (unpaired) electrons. The average molecular weight is 214 g/mol. The van der Waals surface area contributed by atoms with Gasteiger partial charge in [0.05, 0.1) is 5.69 Å². The second-order valence-electron chi connectivity index (χ2n) is 3.19. The number of nitrogens with zero attached hydrogens (tertiary/aromatic N) is 2. The largest absolute Gasteiger partial charge is 0.487 e. The van der Waals surface area contributed by atoms with Crippen molar-refractivity contribution in [3.05, 3.63) is 59.3 Å². The summed E-state index contributed by atoms with van der Waals surface area (Å²) in [6.07, 6.45) is 1.72. The van der Waals surface area contributed by atoms with Gasteiger partial charge in [0.15, 0.2) is 0 Å². The molecule has 0 fully saturated rings. The molecule has 1 heterocycles. The number of hydrogen-bond acceptors (Lipinski definition) is 4. The van der Waals surface area contributed by atoms with Gasteiger partial charge < -0.3 is 4.74 Å². The number of hydrogen-bond donors (Lipinski definition) is 0. The molecule has 0 saturated carbocycles. The average Bonchev–Trinajstić information content (AvgIpc) is 2.38. The Labute approximate surface area is 92.9 Å². The van der Waals surface area contributed by atoms with E-state index in [1.165, 1.54) is 0 Å². The van der Waals surface area contributed by atoms with Crippen LogP contribution in [-0.4, -0.2) is 4.98 Å². The van der Waals surface area contributed by atoms with Crippen molar-refractivity contribution in [2.24, 2.45) is 5.18 Å². The highest BCUT2D eigenvalue weighted by molar-refractivity contribution is 5.40. The summed E-state index contributed by atoms with van der Waals surface area (Å²) in [4.78, 5) is 14.3. The lowest BCUT2D eigenvalue weighted by atomic mass is 10.3. The quantitative estimate of drug-likeness (QED) is 0.735. The van der Waals surface area contributed by atoms with Crippen molar-refractivity contribution < 1.29 is 4.74 Å². The van der Waals surface area contributed by atoms with E-state index in [1.54, 1.807) is 30.5 Å². The highest BCUT2D eigenvalue weighted by Gasteiger charge is 1.97. The number of aromatic nitrogens is 1. The van der Waals surface area contributed by atoms with Crippen molar-refractivity contribution >= 4 is 5.69 Å². The summed E-state index contributed by atoms with van der Waals surface area (Å²) in [5.41, 5.74) is 1.25. The summed E-state index contributed by atoms with van der Waals surface area (Å²) in [7, 11) is 0. The van der Waals surface area contributed by atoms with Crippen LogP contribution in [0.2, 0.25) is 0 Å². The van der Waals surface area contributed by atoms with E-state index in [0.717, 1.165) is 5.69 Å². The summed E-state index contributed by atoms with van der Waals surface area (Å²) < 4.78 is 5.49. The Kier molecular flexibility index (Phi) is 3.23. The first-order valence-electron chi connectivity index (χ1n) is 4.84. The molecule has 2 aromatic rings. The minimum Gasteiger partial charge on any atom is -0.487 e. The SMILES string of the molecule is O=Nc1ccc(OCc2ccccn2)cc1. The van der Waals surface area contributed by atoms with Crippen LogP contribution in [0.15, 0.2) is 53.8 Å². The molecule has 1 aromatic heterocycles. The van der Waals surface area contributed by atoms with Crippen LogP contribution in [0.5, 0.6) is 5.75 Å². The molecule has 0 unspecified atom stereocenters. The van der Waals surface area contributed by atoms with Gasteiger partial charge in [-0.25, -0.2) is 0 Å².